The number of halogens is 2. The number of hydrogen-bond acceptors (Lipinski definition) is 4. The molecule has 1 unspecified atom stereocenters. The summed E-state index contributed by atoms with van der Waals surface area (Å²) in [6.45, 7) is 3.10. The van der Waals surface area contributed by atoms with Gasteiger partial charge in [0, 0.05) is 41.2 Å². The second-order valence-corrected chi connectivity index (χ2v) is 11.5. The number of nitrogens with zero attached hydrogens (tertiary/aromatic N) is 1. The zero-order chi connectivity index (χ0) is 22.4. The molecular formula is C22H26Cl2N2O3S2. The van der Waals surface area contributed by atoms with Crippen molar-refractivity contribution in [2.24, 2.45) is 5.92 Å². The summed E-state index contributed by atoms with van der Waals surface area (Å²) in [4.78, 5) is 12.9. The largest absolute Gasteiger partial charge is 0.355 e. The van der Waals surface area contributed by atoms with E-state index in [1.54, 1.807) is 42.1 Å². The Morgan fingerprint density at radius 3 is 2.65 bits per heavy atom. The molecule has 2 aromatic carbocycles. The third-order valence-electron chi connectivity index (χ3n) is 5.23. The van der Waals surface area contributed by atoms with Crippen molar-refractivity contribution in [1.29, 1.82) is 0 Å². The molecule has 0 saturated carbocycles. The van der Waals surface area contributed by atoms with Crippen molar-refractivity contribution in [1.82, 2.24) is 9.62 Å². The van der Waals surface area contributed by atoms with Crippen LogP contribution in [0.15, 0.2) is 47.4 Å². The zero-order valence-corrected chi connectivity index (χ0v) is 20.5. The van der Waals surface area contributed by atoms with Gasteiger partial charge in [-0.15, -0.1) is 0 Å². The van der Waals surface area contributed by atoms with Gasteiger partial charge in [0.25, 0.3) is 0 Å². The first-order valence-corrected chi connectivity index (χ1v) is 13.5. The Morgan fingerprint density at radius 2 is 1.94 bits per heavy atom. The van der Waals surface area contributed by atoms with Crippen LogP contribution >= 0.6 is 35.0 Å². The van der Waals surface area contributed by atoms with Crippen LogP contribution < -0.4 is 5.32 Å². The number of thioether (sulfide) groups is 1. The highest BCUT2D eigenvalue weighted by Crippen LogP contribution is 2.25. The third kappa shape index (κ3) is 6.62. The van der Waals surface area contributed by atoms with Gasteiger partial charge in [0.2, 0.25) is 15.9 Å². The summed E-state index contributed by atoms with van der Waals surface area (Å²) in [7, 11) is -3.58. The van der Waals surface area contributed by atoms with Gasteiger partial charge in [-0.1, -0.05) is 47.0 Å². The van der Waals surface area contributed by atoms with Crippen molar-refractivity contribution < 1.29 is 13.2 Å². The molecule has 9 heteroatoms. The monoisotopic (exact) mass is 500 g/mol. The van der Waals surface area contributed by atoms with E-state index in [1.165, 1.54) is 4.31 Å². The number of sulfonamides is 1. The van der Waals surface area contributed by atoms with Gasteiger partial charge in [-0.05, 0) is 49.6 Å². The first-order chi connectivity index (χ1) is 14.8. The average Bonchev–Trinajstić information content (AvgIpc) is 2.75. The Labute approximate surface area is 198 Å². The smallest absolute Gasteiger partial charge is 0.243 e. The summed E-state index contributed by atoms with van der Waals surface area (Å²) in [5, 5.41) is 4.19. The lowest BCUT2D eigenvalue weighted by atomic mass is 9.99. The number of rotatable bonds is 8. The van der Waals surface area contributed by atoms with Gasteiger partial charge in [0.05, 0.1) is 10.8 Å². The van der Waals surface area contributed by atoms with Gasteiger partial charge in [-0.2, -0.15) is 16.1 Å². The van der Waals surface area contributed by atoms with E-state index < -0.39 is 10.0 Å². The van der Waals surface area contributed by atoms with Crippen molar-refractivity contribution in [3.63, 3.8) is 0 Å². The summed E-state index contributed by atoms with van der Waals surface area (Å²) in [5.41, 5.74) is 2.01. The van der Waals surface area contributed by atoms with E-state index >= 15 is 0 Å². The van der Waals surface area contributed by atoms with Crippen LogP contribution in [0, 0.1) is 12.8 Å². The molecule has 0 aromatic heterocycles. The minimum atomic E-state index is -3.58. The Hall–Kier alpha value is -1.25. The molecule has 3 rings (SSSR count). The van der Waals surface area contributed by atoms with Crippen molar-refractivity contribution in [3.05, 3.63) is 63.6 Å². The molecule has 0 aliphatic carbocycles. The van der Waals surface area contributed by atoms with E-state index in [0.717, 1.165) is 22.6 Å². The Balaban J connectivity index is 1.46. The van der Waals surface area contributed by atoms with Crippen molar-refractivity contribution >= 4 is 50.9 Å². The Bertz CT molecular complexity index is 1010. The highest BCUT2D eigenvalue weighted by Gasteiger charge is 2.33. The fourth-order valence-electron chi connectivity index (χ4n) is 3.45. The van der Waals surface area contributed by atoms with E-state index in [1.807, 2.05) is 19.1 Å². The van der Waals surface area contributed by atoms with Gasteiger partial charge >= 0.3 is 0 Å². The number of carbonyl (C=O) groups is 1. The van der Waals surface area contributed by atoms with Gasteiger partial charge in [0.15, 0.2) is 0 Å². The SMILES string of the molecule is Cc1ccc(S(=O)(=O)N2CCCC(C(=O)NCCSCc3ccc(Cl)cc3Cl)C2)cc1. The maximum absolute atomic E-state index is 12.9. The molecule has 0 bridgehead atoms. The molecule has 1 N–H and O–H groups in total. The summed E-state index contributed by atoms with van der Waals surface area (Å²) in [6, 6.07) is 12.3. The van der Waals surface area contributed by atoms with Gasteiger partial charge < -0.3 is 5.32 Å². The molecule has 1 atom stereocenters. The second kappa shape index (κ2) is 11.1. The molecule has 1 amide bonds. The molecule has 1 fully saturated rings. The molecule has 5 nitrogen and oxygen atoms in total. The second-order valence-electron chi connectivity index (χ2n) is 7.59. The molecular weight excluding hydrogens is 475 g/mol. The number of aryl methyl sites for hydroxylation is 1. The quantitative estimate of drug-likeness (QED) is 0.530. The van der Waals surface area contributed by atoms with Gasteiger partial charge in [-0.25, -0.2) is 8.42 Å². The zero-order valence-electron chi connectivity index (χ0n) is 17.3. The van der Waals surface area contributed by atoms with Crippen molar-refractivity contribution in [3.8, 4) is 0 Å². The molecule has 0 radical (unpaired) electrons. The minimum absolute atomic E-state index is 0.0890. The molecule has 168 valence electrons. The number of carbonyl (C=O) groups excluding carboxylic acids is 1. The summed E-state index contributed by atoms with van der Waals surface area (Å²) in [6.07, 6.45) is 1.37. The summed E-state index contributed by atoms with van der Waals surface area (Å²) in [5.74, 6) is 1.05. The van der Waals surface area contributed by atoms with Crippen molar-refractivity contribution in [2.45, 2.75) is 30.4 Å². The molecule has 31 heavy (non-hydrogen) atoms. The molecule has 1 heterocycles. The molecule has 0 spiro atoms. The highest BCUT2D eigenvalue weighted by molar-refractivity contribution is 7.98. The fourth-order valence-corrected chi connectivity index (χ4v) is 6.39. The maximum Gasteiger partial charge on any atom is 0.243 e. The topological polar surface area (TPSA) is 66.5 Å². The Kier molecular flexibility index (Phi) is 8.70. The predicted molar refractivity (Wildman–Crippen MR) is 128 cm³/mol. The molecule has 1 aliphatic heterocycles. The lowest BCUT2D eigenvalue weighted by Crippen LogP contribution is -2.45. The van der Waals surface area contributed by atoms with Crippen LogP contribution in [-0.2, 0) is 20.6 Å². The van der Waals surface area contributed by atoms with E-state index in [4.69, 9.17) is 23.2 Å². The van der Waals surface area contributed by atoms with Crippen LogP contribution in [0.3, 0.4) is 0 Å². The van der Waals surface area contributed by atoms with Crippen LogP contribution in [-0.4, -0.2) is 44.0 Å². The van der Waals surface area contributed by atoms with E-state index in [0.29, 0.717) is 36.0 Å². The summed E-state index contributed by atoms with van der Waals surface area (Å²) < 4.78 is 27.3. The average molecular weight is 502 g/mol. The first-order valence-electron chi connectivity index (χ1n) is 10.1. The Morgan fingerprint density at radius 1 is 1.19 bits per heavy atom. The summed E-state index contributed by atoms with van der Waals surface area (Å²) >= 11 is 13.8. The number of amides is 1. The van der Waals surface area contributed by atoms with Crippen LogP contribution in [0.5, 0.6) is 0 Å². The normalized spacial score (nSPS) is 17.5. The van der Waals surface area contributed by atoms with Crippen molar-refractivity contribution in [2.75, 3.05) is 25.4 Å². The predicted octanol–water partition coefficient (Wildman–Crippen LogP) is 4.75. The number of hydrogen-bond donors (Lipinski definition) is 1. The first kappa shape index (κ1) is 24.4. The molecule has 1 aliphatic rings. The van der Waals surface area contributed by atoms with E-state index in [2.05, 4.69) is 5.32 Å². The maximum atomic E-state index is 12.9. The van der Waals surface area contributed by atoms with Gasteiger partial charge in [-0.3, -0.25) is 4.79 Å². The van der Waals surface area contributed by atoms with Gasteiger partial charge in [0.1, 0.15) is 0 Å². The van der Waals surface area contributed by atoms with E-state index in [9.17, 15) is 13.2 Å². The van der Waals surface area contributed by atoms with Crippen LogP contribution in [0.4, 0.5) is 0 Å². The number of nitrogens with one attached hydrogen (secondary N) is 1. The third-order valence-corrected chi connectivity index (χ3v) is 8.71. The number of piperidine rings is 1. The number of benzene rings is 2. The minimum Gasteiger partial charge on any atom is -0.355 e. The van der Waals surface area contributed by atoms with Crippen LogP contribution in [0.1, 0.15) is 24.0 Å². The lowest BCUT2D eigenvalue weighted by Gasteiger charge is -2.31. The van der Waals surface area contributed by atoms with Crippen LogP contribution in [0.2, 0.25) is 10.0 Å². The lowest BCUT2D eigenvalue weighted by molar-refractivity contribution is -0.125. The molecule has 2 aromatic rings. The van der Waals surface area contributed by atoms with E-state index in [-0.39, 0.29) is 23.3 Å². The highest BCUT2D eigenvalue weighted by atomic mass is 35.5. The standard InChI is InChI=1S/C22H26Cl2N2O3S2/c1-16-4-8-20(9-5-16)31(28,29)26-11-2-3-17(14-26)22(27)25-10-12-30-15-18-6-7-19(23)13-21(18)24/h4-9,13,17H,2-3,10-12,14-15H2,1H3,(H,25,27). The fraction of sp³-hybridized carbons (Fsp3) is 0.409. The molecule has 1 saturated heterocycles. The van der Waals surface area contributed by atoms with Crippen LogP contribution in [0.25, 0.3) is 0 Å².